The molecule has 126 valence electrons. The van der Waals surface area contributed by atoms with Crippen LogP contribution < -0.4 is 0 Å². The maximum Gasteiger partial charge on any atom is 0.357 e. The van der Waals surface area contributed by atoms with E-state index in [4.69, 9.17) is 4.74 Å². The average molecular weight is 334 g/mol. The van der Waals surface area contributed by atoms with E-state index in [1.807, 2.05) is 61.5 Å². The highest BCUT2D eigenvalue weighted by molar-refractivity contribution is 6.15. The Labute approximate surface area is 145 Å². The number of aromatic nitrogens is 4. The molecule has 0 radical (unpaired) electrons. The predicted molar refractivity (Wildman–Crippen MR) is 95.2 cm³/mol. The zero-order valence-corrected chi connectivity index (χ0v) is 14.1. The Balaban J connectivity index is 2.09. The second-order valence-electron chi connectivity index (χ2n) is 5.44. The van der Waals surface area contributed by atoms with Crippen molar-refractivity contribution in [2.24, 2.45) is 0 Å². The van der Waals surface area contributed by atoms with Gasteiger partial charge in [0.2, 0.25) is 0 Å². The number of hydrogen-bond acceptors (Lipinski definition) is 5. The molecule has 0 atom stereocenters. The summed E-state index contributed by atoms with van der Waals surface area (Å²) >= 11 is 0. The van der Waals surface area contributed by atoms with E-state index in [1.165, 1.54) is 4.68 Å². The molecule has 0 saturated heterocycles. The Morgan fingerprint density at radius 2 is 1.84 bits per heavy atom. The van der Waals surface area contributed by atoms with Crippen LogP contribution in [0.1, 0.15) is 18.1 Å². The maximum absolute atomic E-state index is 12.5. The lowest BCUT2D eigenvalue weighted by molar-refractivity contribution is -0.136. The van der Waals surface area contributed by atoms with Crippen molar-refractivity contribution in [3.05, 3.63) is 65.7 Å². The SMILES string of the molecule is CCOC(=O)/C(=C\c1ccc(C)cc1)n1nnnc1-c1ccccc1. The lowest BCUT2D eigenvalue weighted by Crippen LogP contribution is -2.14. The van der Waals surface area contributed by atoms with Gasteiger partial charge in [-0.05, 0) is 35.9 Å². The van der Waals surface area contributed by atoms with Crippen LogP contribution in [-0.2, 0) is 9.53 Å². The number of aryl methyl sites for hydroxylation is 1. The van der Waals surface area contributed by atoms with E-state index < -0.39 is 5.97 Å². The first-order valence-corrected chi connectivity index (χ1v) is 7.98. The second kappa shape index (κ2) is 7.53. The largest absolute Gasteiger partial charge is 0.461 e. The monoisotopic (exact) mass is 334 g/mol. The molecule has 3 rings (SSSR count). The minimum atomic E-state index is -0.479. The zero-order chi connectivity index (χ0) is 17.6. The summed E-state index contributed by atoms with van der Waals surface area (Å²) in [7, 11) is 0. The summed E-state index contributed by atoms with van der Waals surface area (Å²) in [5, 5.41) is 11.8. The van der Waals surface area contributed by atoms with Gasteiger partial charge in [0.05, 0.1) is 6.61 Å². The molecule has 0 amide bonds. The first-order valence-electron chi connectivity index (χ1n) is 7.98. The van der Waals surface area contributed by atoms with Gasteiger partial charge in [-0.25, -0.2) is 4.79 Å². The molecule has 0 unspecified atom stereocenters. The van der Waals surface area contributed by atoms with E-state index in [-0.39, 0.29) is 12.3 Å². The fourth-order valence-electron chi connectivity index (χ4n) is 2.35. The van der Waals surface area contributed by atoms with Crippen molar-refractivity contribution < 1.29 is 9.53 Å². The van der Waals surface area contributed by atoms with Crippen LogP contribution in [0.5, 0.6) is 0 Å². The number of nitrogens with zero attached hydrogens (tertiary/aromatic N) is 4. The molecule has 1 heterocycles. The molecule has 6 heteroatoms. The van der Waals surface area contributed by atoms with E-state index >= 15 is 0 Å². The highest BCUT2D eigenvalue weighted by Gasteiger charge is 2.20. The van der Waals surface area contributed by atoms with Gasteiger partial charge in [-0.2, -0.15) is 4.68 Å². The van der Waals surface area contributed by atoms with Crippen molar-refractivity contribution in [1.29, 1.82) is 0 Å². The van der Waals surface area contributed by atoms with Gasteiger partial charge in [0.15, 0.2) is 11.5 Å². The molecule has 0 spiro atoms. The van der Waals surface area contributed by atoms with Gasteiger partial charge in [0.1, 0.15) is 0 Å². The molecule has 25 heavy (non-hydrogen) atoms. The van der Waals surface area contributed by atoms with Gasteiger partial charge in [-0.1, -0.05) is 60.2 Å². The standard InChI is InChI=1S/C19H18N4O2/c1-3-25-19(24)17(13-15-11-9-14(2)10-12-15)23-18(20-21-22-23)16-7-5-4-6-8-16/h4-13H,3H2,1-2H3/b17-13+. The van der Waals surface area contributed by atoms with Crippen molar-refractivity contribution in [1.82, 2.24) is 20.2 Å². The normalized spacial score (nSPS) is 11.4. The van der Waals surface area contributed by atoms with Gasteiger partial charge < -0.3 is 4.74 Å². The van der Waals surface area contributed by atoms with Crippen molar-refractivity contribution in [2.45, 2.75) is 13.8 Å². The Bertz CT molecular complexity index is 883. The number of carbonyl (C=O) groups excluding carboxylic acids is 1. The molecule has 6 nitrogen and oxygen atoms in total. The summed E-state index contributed by atoms with van der Waals surface area (Å²) in [5.41, 5.74) is 3.08. The Morgan fingerprint density at radius 3 is 2.52 bits per heavy atom. The predicted octanol–water partition coefficient (Wildman–Crippen LogP) is 3.21. The fraction of sp³-hybridized carbons (Fsp3) is 0.158. The number of rotatable bonds is 5. The Kier molecular flexibility index (Phi) is 4.99. The van der Waals surface area contributed by atoms with Crippen LogP contribution in [0.3, 0.4) is 0 Å². The molecule has 1 aromatic heterocycles. The molecule has 0 aliphatic heterocycles. The van der Waals surface area contributed by atoms with E-state index in [1.54, 1.807) is 13.0 Å². The van der Waals surface area contributed by atoms with E-state index in [0.717, 1.165) is 16.7 Å². The summed E-state index contributed by atoms with van der Waals surface area (Å²) in [6, 6.07) is 17.3. The molecular weight excluding hydrogens is 316 g/mol. The lowest BCUT2D eigenvalue weighted by Gasteiger charge is -2.09. The number of esters is 1. The molecule has 3 aromatic rings. The zero-order valence-electron chi connectivity index (χ0n) is 14.1. The molecule has 2 aromatic carbocycles. The summed E-state index contributed by atoms with van der Waals surface area (Å²) in [4.78, 5) is 12.5. The molecule has 0 aliphatic rings. The van der Waals surface area contributed by atoms with Crippen LogP contribution >= 0.6 is 0 Å². The number of ether oxygens (including phenoxy) is 1. The van der Waals surface area contributed by atoms with Crippen LogP contribution in [0.4, 0.5) is 0 Å². The van der Waals surface area contributed by atoms with Crippen LogP contribution in [0.15, 0.2) is 54.6 Å². The number of tetrazole rings is 1. The Hall–Kier alpha value is -3.28. The smallest absolute Gasteiger partial charge is 0.357 e. The van der Waals surface area contributed by atoms with E-state index in [0.29, 0.717) is 5.82 Å². The quantitative estimate of drug-likeness (QED) is 0.529. The van der Waals surface area contributed by atoms with Gasteiger partial charge in [0.25, 0.3) is 0 Å². The lowest BCUT2D eigenvalue weighted by atomic mass is 10.1. The first-order chi connectivity index (χ1) is 12.2. The molecule has 0 bridgehead atoms. The summed E-state index contributed by atoms with van der Waals surface area (Å²) < 4.78 is 6.60. The van der Waals surface area contributed by atoms with Crippen molar-refractivity contribution in [3.63, 3.8) is 0 Å². The third-order valence-corrected chi connectivity index (χ3v) is 3.59. The van der Waals surface area contributed by atoms with E-state index in [2.05, 4.69) is 15.5 Å². The van der Waals surface area contributed by atoms with Gasteiger partial charge in [-0.15, -0.1) is 5.10 Å². The average Bonchev–Trinajstić information content (AvgIpc) is 3.11. The molecule has 0 N–H and O–H groups in total. The summed E-state index contributed by atoms with van der Waals surface area (Å²) in [5.74, 6) is -0.000397. The molecular formula is C19H18N4O2. The van der Waals surface area contributed by atoms with Crippen molar-refractivity contribution >= 4 is 17.7 Å². The fourth-order valence-corrected chi connectivity index (χ4v) is 2.35. The van der Waals surface area contributed by atoms with Crippen molar-refractivity contribution in [3.8, 4) is 11.4 Å². The molecule has 0 fully saturated rings. The van der Waals surface area contributed by atoms with Crippen LogP contribution in [-0.4, -0.2) is 32.8 Å². The molecule has 0 aliphatic carbocycles. The number of hydrogen-bond donors (Lipinski definition) is 0. The summed E-state index contributed by atoms with van der Waals surface area (Å²) in [6.07, 6.45) is 1.72. The van der Waals surface area contributed by atoms with Gasteiger partial charge in [0, 0.05) is 5.56 Å². The van der Waals surface area contributed by atoms with E-state index in [9.17, 15) is 4.79 Å². The number of benzene rings is 2. The van der Waals surface area contributed by atoms with Gasteiger partial charge >= 0.3 is 5.97 Å². The third-order valence-electron chi connectivity index (χ3n) is 3.59. The maximum atomic E-state index is 12.5. The highest BCUT2D eigenvalue weighted by Crippen LogP contribution is 2.21. The van der Waals surface area contributed by atoms with Crippen LogP contribution in [0, 0.1) is 6.92 Å². The minimum Gasteiger partial charge on any atom is -0.461 e. The minimum absolute atomic E-state index is 0.259. The van der Waals surface area contributed by atoms with Crippen molar-refractivity contribution in [2.75, 3.05) is 6.61 Å². The van der Waals surface area contributed by atoms with Crippen LogP contribution in [0.25, 0.3) is 23.2 Å². The highest BCUT2D eigenvalue weighted by atomic mass is 16.5. The van der Waals surface area contributed by atoms with Gasteiger partial charge in [-0.3, -0.25) is 0 Å². The number of carbonyl (C=O) groups is 1. The summed E-state index contributed by atoms with van der Waals surface area (Å²) in [6.45, 7) is 4.04. The topological polar surface area (TPSA) is 69.9 Å². The molecule has 0 saturated carbocycles. The van der Waals surface area contributed by atoms with Crippen LogP contribution in [0.2, 0.25) is 0 Å². The second-order valence-corrected chi connectivity index (χ2v) is 5.44. The first kappa shape index (κ1) is 16.6. The third kappa shape index (κ3) is 3.80. The Morgan fingerprint density at radius 1 is 1.12 bits per heavy atom.